The van der Waals surface area contributed by atoms with Crippen LogP contribution in [0.3, 0.4) is 0 Å². The molecule has 0 spiro atoms. The maximum absolute atomic E-state index is 12.1. The first kappa shape index (κ1) is 41.2. The lowest BCUT2D eigenvalue weighted by molar-refractivity contribution is -0.0175. The van der Waals surface area contributed by atoms with Crippen molar-refractivity contribution in [3.63, 3.8) is 0 Å². The van der Waals surface area contributed by atoms with Gasteiger partial charge in [-0.15, -0.1) is 0 Å². The second-order valence-corrected chi connectivity index (χ2v) is 13.0. The Morgan fingerprint density at radius 2 is 0.952 bits per heavy atom. The Balaban J connectivity index is 3.93. The number of carbonyl (C=O) groups excluding carboxylic acids is 1. The quantitative estimate of drug-likeness (QED) is 0.0750. The molecule has 5 heteroatoms. The van der Waals surface area contributed by atoms with Gasteiger partial charge in [0.25, 0.3) is 0 Å². The molecule has 0 rings (SSSR count). The van der Waals surface area contributed by atoms with Crippen molar-refractivity contribution < 1.29 is 19.0 Å². The molecular formula is C37H75NO4. The minimum Gasteiger partial charge on any atom is -0.450 e. The minimum absolute atomic E-state index is 0.118. The molecule has 5 nitrogen and oxygen atoms in total. The predicted molar refractivity (Wildman–Crippen MR) is 182 cm³/mol. The highest BCUT2D eigenvalue weighted by atomic mass is 16.6. The van der Waals surface area contributed by atoms with E-state index in [1.807, 2.05) is 0 Å². The highest BCUT2D eigenvalue weighted by Gasteiger charge is 2.12. The van der Waals surface area contributed by atoms with Crippen molar-refractivity contribution in [3.05, 3.63) is 0 Å². The lowest BCUT2D eigenvalue weighted by Crippen LogP contribution is -2.37. The number of alkyl carbamates (subject to hydrolysis) is 1. The van der Waals surface area contributed by atoms with E-state index >= 15 is 0 Å². The van der Waals surface area contributed by atoms with Crippen LogP contribution in [0.5, 0.6) is 0 Å². The van der Waals surface area contributed by atoms with Crippen LogP contribution < -0.4 is 5.32 Å². The van der Waals surface area contributed by atoms with E-state index in [2.05, 4.69) is 33.0 Å². The number of hydrogen-bond acceptors (Lipinski definition) is 4. The second kappa shape index (κ2) is 34.7. The fourth-order valence-corrected chi connectivity index (χ4v) is 5.25. The van der Waals surface area contributed by atoms with E-state index in [9.17, 15) is 4.79 Å². The Morgan fingerprint density at radius 1 is 0.548 bits per heavy atom. The third kappa shape index (κ3) is 33.7. The number of unbranched alkanes of at least 4 members (excludes halogenated alkanes) is 22. The second-order valence-electron chi connectivity index (χ2n) is 13.0. The highest BCUT2D eigenvalue weighted by Crippen LogP contribution is 2.13. The molecule has 0 aromatic rings. The summed E-state index contributed by atoms with van der Waals surface area (Å²) in [5.41, 5.74) is 0. The van der Waals surface area contributed by atoms with Gasteiger partial charge >= 0.3 is 6.09 Å². The third-order valence-electron chi connectivity index (χ3n) is 8.20. The maximum atomic E-state index is 12.1. The van der Waals surface area contributed by atoms with Gasteiger partial charge in [-0.2, -0.15) is 0 Å². The van der Waals surface area contributed by atoms with Gasteiger partial charge in [-0.05, 0) is 25.2 Å². The first-order chi connectivity index (χ1) is 20.6. The van der Waals surface area contributed by atoms with E-state index < -0.39 is 0 Å². The number of nitrogens with one attached hydrogen (secondary N) is 1. The Bertz CT molecular complexity index is 528. The van der Waals surface area contributed by atoms with Gasteiger partial charge in [0, 0.05) is 19.8 Å². The summed E-state index contributed by atoms with van der Waals surface area (Å²) in [4.78, 5) is 12.1. The molecule has 1 atom stereocenters. The molecule has 0 aliphatic carbocycles. The van der Waals surface area contributed by atoms with Crippen molar-refractivity contribution in [1.82, 2.24) is 5.32 Å². The standard InChI is InChI=1S/C37H75NO4/c1-5-7-9-11-13-15-17-19-21-23-25-27-30-40-34-36(33-38-37(39)42-32-29-35(3)4)41-31-28-26-24-22-20-18-16-14-12-10-8-6-2/h35-36H,5-34H2,1-4H3,(H,38,39)/t36-/m0/s1. The van der Waals surface area contributed by atoms with Crippen molar-refractivity contribution in [2.45, 2.75) is 194 Å². The molecule has 42 heavy (non-hydrogen) atoms. The monoisotopic (exact) mass is 598 g/mol. The summed E-state index contributed by atoms with van der Waals surface area (Å²) >= 11 is 0. The molecule has 0 unspecified atom stereocenters. The molecule has 0 heterocycles. The van der Waals surface area contributed by atoms with Crippen molar-refractivity contribution in [3.8, 4) is 0 Å². The molecule has 1 N–H and O–H groups in total. The Labute approximate surface area is 263 Å². The third-order valence-corrected chi connectivity index (χ3v) is 8.20. The number of carbonyl (C=O) groups is 1. The van der Waals surface area contributed by atoms with Gasteiger partial charge in [0.15, 0.2) is 0 Å². The van der Waals surface area contributed by atoms with Crippen LogP contribution in [0.2, 0.25) is 0 Å². The lowest BCUT2D eigenvalue weighted by Gasteiger charge is -2.19. The van der Waals surface area contributed by atoms with E-state index in [1.54, 1.807) is 0 Å². The number of ether oxygens (including phenoxy) is 3. The van der Waals surface area contributed by atoms with Crippen molar-refractivity contribution in [2.75, 3.05) is 33.0 Å². The van der Waals surface area contributed by atoms with Gasteiger partial charge in [0.2, 0.25) is 0 Å². The van der Waals surface area contributed by atoms with Crippen LogP contribution in [0, 0.1) is 5.92 Å². The summed E-state index contributed by atoms with van der Waals surface area (Å²) in [5.74, 6) is 0.526. The maximum Gasteiger partial charge on any atom is 0.407 e. The normalized spacial score (nSPS) is 12.2. The van der Waals surface area contributed by atoms with E-state index in [1.165, 1.54) is 141 Å². The molecule has 0 aliphatic heterocycles. The largest absolute Gasteiger partial charge is 0.450 e. The average molecular weight is 598 g/mol. The van der Waals surface area contributed by atoms with Gasteiger partial charge in [-0.3, -0.25) is 0 Å². The van der Waals surface area contributed by atoms with Crippen LogP contribution >= 0.6 is 0 Å². The van der Waals surface area contributed by atoms with Crippen LogP contribution in [0.25, 0.3) is 0 Å². The topological polar surface area (TPSA) is 56.8 Å². The zero-order valence-electron chi connectivity index (χ0n) is 29.0. The molecule has 252 valence electrons. The fraction of sp³-hybridized carbons (Fsp3) is 0.973. The molecule has 0 bridgehead atoms. The Morgan fingerprint density at radius 3 is 1.38 bits per heavy atom. The SMILES string of the molecule is CCCCCCCCCCCCCCOC[C@H](CNC(=O)OCCC(C)C)OCCCCCCCCCCCCCC. The molecule has 0 aromatic carbocycles. The van der Waals surface area contributed by atoms with Gasteiger partial charge in [-0.1, -0.05) is 169 Å². The molecule has 0 fully saturated rings. The molecule has 0 saturated carbocycles. The number of amides is 1. The number of hydrogen-bond donors (Lipinski definition) is 1. The zero-order valence-corrected chi connectivity index (χ0v) is 29.0. The van der Waals surface area contributed by atoms with Gasteiger partial charge in [0.1, 0.15) is 0 Å². The molecule has 0 aromatic heterocycles. The summed E-state index contributed by atoms with van der Waals surface area (Å²) < 4.78 is 17.4. The van der Waals surface area contributed by atoms with E-state index in [-0.39, 0.29) is 12.2 Å². The van der Waals surface area contributed by atoms with E-state index in [0.29, 0.717) is 25.7 Å². The van der Waals surface area contributed by atoms with Gasteiger partial charge in [0.05, 0.1) is 19.3 Å². The van der Waals surface area contributed by atoms with Crippen molar-refractivity contribution >= 4 is 6.09 Å². The van der Waals surface area contributed by atoms with Crippen LogP contribution in [-0.4, -0.2) is 45.2 Å². The minimum atomic E-state index is -0.351. The van der Waals surface area contributed by atoms with Crippen molar-refractivity contribution in [2.24, 2.45) is 5.92 Å². The Kier molecular flexibility index (Phi) is 34.0. The van der Waals surface area contributed by atoms with Crippen LogP contribution in [-0.2, 0) is 14.2 Å². The summed E-state index contributed by atoms with van der Waals surface area (Å²) in [6.45, 7) is 11.8. The van der Waals surface area contributed by atoms with E-state index in [4.69, 9.17) is 14.2 Å². The zero-order chi connectivity index (χ0) is 30.8. The summed E-state index contributed by atoms with van der Waals surface area (Å²) in [6, 6.07) is 0. The van der Waals surface area contributed by atoms with Crippen LogP contribution in [0.4, 0.5) is 4.79 Å². The summed E-state index contributed by atoms with van der Waals surface area (Å²) in [5, 5.41) is 2.89. The van der Waals surface area contributed by atoms with Crippen LogP contribution in [0.15, 0.2) is 0 Å². The molecule has 0 saturated heterocycles. The summed E-state index contributed by atoms with van der Waals surface area (Å²) in [7, 11) is 0. The first-order valence-corrected chi connectivity index (χ1v) is 18.7. The molecule has 0 radical (unpaired) electrons. The van der Waals surface area contributed by atoms with E-state index in [0.717, 1.165) is 32.5 Å². The summed E-state index contributed by atoms with van der Waals surface area (Å²) in [6.07, 6.45) is 32.6. The number of rotatable bonds is 34. The van der Waals surface area contributed by atoms with Gasteiger partial charge in [-0.25, -0.2) is 4.79 Å². The first-order valence-electron chi connectivity index (χ1n) is 18.7. The van der Waals surface area contributed by atoms with Gasteiger partial charge < -0.3 is 19.5 Å². The lowest BCUT2D eigenvalue weighted by atomic mass is 10.1. The van der Waals surface area contributed by atoms with Crippen molar-refractivity contribution in [1.29, 1.82) is 0 Å². The molecule has 1 amide bonds. The van der Waals surface area contributed by atoms with Crippen LogP contribution in [0.1, 0.15) is 188 Å². The smallest absolute Gasteiger partial charge is 0.407 e. The highest BCUT2D eigenvalue weighted by molar-refractivity contribution is 5.67. The molecule has 0 aliphatic rings. The Hall–Kier alpha value is -0.810. The molecular weight excluding hydrogens is 522 g/mol. The predicted octanol–water partition coefficient (Wildman–Crippen LogP) is 11.6. The fourth-order valence-electron chi connectivity index (χ4n) is 5.25. The average Bonchev–Trinajstić information content (AvgIpc) is 2.97.